The number of rotatable bonds is 7. The van der Waals surface area contributed by atoms with Crippen molar-refractivity contribution in [1.82, 2.24) is 35.1 Å². The van der Waals surface area contributed by atoms with Gasteiger partial charge in [-0.1, -0.05) is 23.7 Å². The third kappa shape index (κ3) is 5.50. The molecule has 0 aliphatic carbocycles. The van der Waals surface area contributed by atoms with E-state index in [-0.39, 0.29) is 6.10 Å². The number of halogens is 1. The Labute approximate surface area is 208 Å². The average molecular weight is 492 g/mol. The first-order valence-electron chi connectivity index (χ1n) is 11.4. The number of likely N-dealkylation sites (tertiary alicyclic amines) is 1. The van der Waals surface area contributed by atoms with E-state index in [0.29, 0.717) is 22.6 Å². The van der Waals surface area contributed by atoms with Gasteiger partial charge in [0.25, 0.3) is 0 Å². The number of piperidine rings is 1. The summed E-state index contributed by atoms with van der Waals surface area (Å²) < 4.78 is 7.74. The van der Waals surface area contributed by atoms with Crippen molar-refractivity contribution < 1.29 is 4.74 Å². The van der Waals surface area contributed by atoms with Gasteiger partial charge < -0.3 is 20.3 Å². The second kappa shape index (κ2) is 10.2. The number of hydrogen-bond donors (Lipinski definition) is 2. The Morgan fingerprint density at radius 3 is 2.51 bits per heavy atom. The number of ether oxygens (including phenoxy) is 1. The number of nitrogens with zero attached hydrogens (tertiary/aromatic N) is 7. The van der Waals surface area contributed by atoms with Crippen LogP contribution in [0.4, 0.5) is 23.1 Å². The molecule has 2 aromatic heterocycles. The van der Waals surface area contributed by atoms with Gasteiger partial charge in [-0.3, -0.25) is 0 Å². The van der Waals surface area contributed by atoms with E-state index < -0.39 is 0 Å². The largest absolute Gasteiger partial charge is 0.490 e. The smallest absolute Gasteiger partial charge is 0.229 e. The molecular weight excluding hydrogens is 466 g/mol. The van der Waals surface area contributed by atoms with Crippen LogP contribution in [-0.4, -0.2) is 61.3 Å². The molecule has 0 amide bonds. The predicted octanol–water partition coefficient (Wildman–Crippen LogP) is 4.28. The van der Waals surface area contributed by atoms with Crippen LogP contribution in [0, 0.1) is 0 Å². The molecule has 0 bridgehead atoms. The highest BCUT2D eigenvalue weighted by Crippen LogP contribution is 2.31. The van der Waals surface area contributed by atoms with E-state index in [1.807, 2.05) is 48.5 Å². The number of anilines is 4. The summed E-state index contributed by atoms with van der Waals surface area (Å²) in [6.07, 6.45) is 3.91. The third-order valence-corrected chi connectivity index (χ3v) is 6.14. The Kier molecular flexibility index (Phi) is 6.73. The Bertz CT molecular complexity index is 1290. The van der Waals surface area contributed by atoms with Crippen molar-refractivity contribution in [3.8, 4) is 17.1 Å². The summed E-state index contributed by atoms with van der Waals surface area (Å²) in [7, 11) is 3.93. The molecule has 1 aliphatic rings. The molecule has 11 heteroatoms. The first-order chi connectivity index (χ1) is 17.0. The highest BCUT2D eigenvalue weighted by molar-refractivity contribution is 6.33. The molecule has 1 fully saturated rings. The Morgan fingerprint density at radius 1 is 1.00 bits per heavy atom. The van der Waals surface area contributed by atoms with Crippen LogP contribution in [0.15, 0.2) is 54.7 Å². The molecule has 10 nitrogen and oxygen atoms in total. The molecule has 2 N–H and O–H groups in total. The number of tetrazole rings is 1. The first kappa shape index (κ1) is 23.0. The van der Waals surface area contributed by atoms with Crippen molar-refractivity contribution >= 4 is 34.7 Å². The SMILES string of the molecule is CN1CCC(Oc2ccc(Nc3ncc(Cl)c(Nc4ccccc4-c4nnnn4C)n3)cc2)CC1. The summed E-state index contributed by atoms with van der Waals surface area (Å²) in [5.41, 5.74) is 2.44. The molecule has 0 spiro atoms. The molecule has 35 heavy (non-hydrogen) atoms. The Balaban J connectivity index is 1.29. The van der Waals surface area contributed by atoms with Crippen molar-refractivity contribution in [1.29, 1.82) is 0 Å². The van der Waals surface area contributed by atoms with E-state index in [1.165, 1.54) is 0 Å². The van der Waals surface area contributed by atoms with Crippen LogP contribution in [0.1, 0.15) is 12.8 Å². The zero-order valence-electron chi connectivity index (χ0n) is 19.5. The van der Waals surface area contributed by atoms with Crippen LogP contribution in [0.25, 0.3) is 11.4 Å². The van der Waals surface area contributed by atoms with Gasteiger partial charge in [-0.25, -0.2) is 9.67 Å². The lowest BCUT2D eigenvalue weighted by molar-refractivity contribution is 0.114. The molecule has 0 unspecified atom stereocenters. The number of aryl methyl sites for hydroxylation is 1. The standard InChI is InChI=1S/C24H26ClN9O/c1-33-13-11-18(12-14-33)35-17-9-7-16(8-10-17)27-24-26-15-20(25)22(29-24)28-21-6-4-3-5-19(21)23-30-31-32-34(23)2/h3-10,15,18H,11-14H2,1-2H3,(H2,26,27,28,29). The number of nitrogens with one attached hydrogen (secondary N) is 2. The van der Waals surface area contributed by atoms with E-state index in [4.69, 9.17) is 16.3 Å². The Hall–Kier alpha value is -3.76. The highest BCUT2D eigenvalue weighted by atomic mass is 35.5. The maximum Gasteiger partial charge on any atom is 0.229 e. The maximum atomic E-state index is 6.40. The van der Waals surface area contributed by atoms with Crippen LogP contribution < -0.4 is 15.4 Å². The van der Waals surface area contributed by atoms with E-state index in [1.54, 1.807) is 17.9 Å². The van der Waals surface area contributed by atoms with Gasteiger partial charge in [0.1, 0.15) is 16.9 Å². The zero-order chi connectivity index (χ0) is 24.2. The van der Waals surface area contributed by atoms with Gasteiger partial charge in [0.05, 0.1) is 11.9 Å². The van der Waals surface area contributed by atoms with Gasteiger partial charge in [0.2, 0.25) is 5.95 Å². The minimum atomic E-state index is 0.262. The lowest BCUT2D eigenvalue weighted by atomic mass is 10.1. The lowest BCUT2D eigenvalue weighted by Crippen LogP contribution is -2.35. The normalized spacial score (nSPS) is 14.6. The summed E-state index contributed by atoms with van der Waals surface area (Å²) in [4.78, 5) is 11.2. The molecule has 4 aromatic rings. The van der Waals surface area contributed by atoms with Crippen molar-refractivity contribution in [3.63, 3.8) is 0 Å². The zero-order valence-corrected chi connectivity index (χ0v) is 20.3. The second-order valence-electron chi connectivity index (χ2n) is 8.46. The summed E-state index contributed by atoms with van der Waals surface area (Å²) in [5, 5.41) is 18.7. The van der Waals surface area contributed by atoms with Crippen LogP contribution in [0.2, 0.25) is 5.02 Å². The minimum absolute atomic E-state index is 0.262. The third-order valence-electron chi connectivity index (χ3n) is 5.86. The van der Waals surface area contributed by atoms with Crippen molar-refractivity contribution in [2.45, 2.75) is 18.9 Å². The van der Waals surface area contributed by atoms with Gasteiger partial charge in [-0.2, -0.15) is 4.98 Å². The van der Waals surface area contributed by atoms with E-state index in [9.17, 15) is 0 Å². The van der Waals surface area contributed by atoms with E-state index >= 15 is 0 Å². The van der Waals surface area contributed by atoms with Gasteiger partial charge in [0.15, 0.2) is 11.6 Å². The van der Waals surface area contributed by atoms with Crippen LogP contribution in [0.5, 0.6) is 5.75 Å². The topological polar surface area (TPSA) is 106 Å². The van der Waals surface area contributed by atoms with E-state index in [0.717, 1.165) is 48.6 Å². The number of aromatic nitrogens is 6. The fourth-order valence-electron chi connectivity index (χ4n) is 3.93. The number of benzene rings is 2. The fourth-order valence-corrected chi connectivity index (χ4v) is 4.07. The first-order valence-corrected chi connectivity index (χ1v) is 11.8. The molecule has 3 heterocycles. The monoisotopic (exact) mass is 491 g/mol. The minimum Gasteiger partial charge on any atom is -0.490 e. The molecule has 5 rings (SSSR count). The van der Waals surface area contributed by atoms with E-state index in [2.05, 4.69) is 48.1 Å². The summed E-state index contributed by atoms with van der Waals surface area (Å²) in [6.45, 7) is 2.13. The Morgan fingerprint density at radius 2 is 1.77 bits per heavy atom. The molecule has 0 radical (unpaired) electrons. The summed E-state index contributed by atoms with van der Waals surface area (Å²) in [5.74, 6) is 2.37. The molecule has 1 saturated heterocycles. The molecule has 0 atom stereocenters. The maximum absolute atomic E-state index is 6.40. The van der Waals surface area contributed by atoms with Crippen LogP contribution in [0.3, 0.4) is 0 Å². The van der Waals surface area contributed by atoms with Gasteiger partial charge in [0, 0.05) is 31.4 Å². The number of para-hydroxylation sites is 1. The molecule has 1 aliphatic heterocycles. The lowest BCUT2D eigenvalue weighted by Gasteiger charge is -2.29. The highest BCUT2D eigenvalue weighted by Gasteiger charge is 2.18. The molecular formula is C24H26ClN9O. The molecule has 2 aromatic carbocycles. The summed E-state index contributed by atoms with van der Waals surface area (Å²) in [6, 6.07) is 15.5. The van der Waals surface area contributed by atoms with Crippen LogP contribution >= 0.6 is 11.6 Å². The van der Waals surface area contributed by atoms with Crippen molar-refractivity contribution in [2.24, 2.45) is 7.05 Å². The summed E-state index contributed by atoms with van der Waals surface area (Å²) >= 11 is 6.40. The van der Waals surface area contributed by atoms with Gasteiger partial charge in [-0.05, 0) is 66.7 Å². The van der Waals surface area contributed by atoms with Gasteiger partial charge >= 0.3 is 0 Å². The molecule has 180 valence electrons. The van der Waals surface area contributed by atoms with Crippen molar-refractivity contribution in [2.75, 3.05) is 30.8 Å². The van der Waals surface area contributed by atoms with Crippen molar-refractivity contribution in [3.05, 3.63) is 59.8 Å². The van der Waals surface area contributed by atoms with Crippen LogP contribution in [-0.2, 0) is 7.05 Å². The number of hydrogen-bond acceptors (Lipinski definition) is 9. The second-order valence-corrected chi connectivity index (χ2v) is 8.86. The quantitative estimate of drug-likeness (QED) is 0.391. The predicted molar refractivity (Wildman–Crippen MR) is 135 cm³/mol. The van der Waals surface area contributed by atoms with Gasteiger partial charge in [-0.15, -0.1) is 5.10 Å². The fraction of sp³-hybridized carbons (Fsp3) is 0.292. The average Bonchev–Trinajstić information content (AvgIpc) is 3.30. The molecule has 0 saturated carbocycles.